The molecule has 1 aromatic carbocycles. The number of aryl methyl sites for hydroxylation is 1. The van der Waals surface area contributed by atoms with Gasteiger partial charge in [-0.3, -0.25) is 0 Å². The highest BCUT2D eigenvalue weighted by Crippen LogP contribution is 2.30. The predicted octanol–water partition coefficient (Wildman–Crippen LogP) is 5.20. The number of benzene rings is 1. The van der Waals surface area contributed by atoms with Crippen LogP contribution in [0.5, 0.6) is 5.75 Å². The molecule has 0 saturated heterocycles. The van der Waals surface area contributed by atoms with Crippen LogP contribution in [0.25, 0.3) is 22.3 Å². The van der Waals surface area contributed by atoms with Crippen LogP contribution in [0.3, 0.4) is 0 Å². The van der Waals surface area contributed by atoms with E-state index < -0.39 is 11.6 Å². The van der Waals surface area contributed by atoms with Gasteiger partial charge in [0.25, 0.3) is 0 Å². The van der Waals surface area contributed by atoms with Crippen molar-refractivity contribution in [1.82, 2.24) is 24.5 Å². The maximum absolute atomic E-state index is 14.8. The molecule has 0 aliphatic heterocycles. The number of halogens is 2. The molecule has 0 aliphatic carbocycles. The van der Waals surface area contributed by atoms with E-state index in [0.29, 0.717) is 35.1 Å². The Kier molecular flexibility index (Phi) is 5.50. The number of aromatic nitrogens is 5. The molecule has 3 heterocycles. The van der Waals surface area contributed by atoms with Gasteiger partial charge in [0.1, 0.15) is 28.6 Å². The van der Waals surface area contributed by atoms with E-state index in [4.69, 9.17) is 4.74 Å². The van der Waals surface area contributed by atoms with Crippen molar-refractivity contribution in [2.75, 3.05) is 11.9 Å². The smallest absolute Gasteiger partial charge is 0.229 e. The fraction of sp³-hybridized carbons (Fsp3) is 0.273. The van der Waals surface area contributed by atoms with Crippen molar-refractivity contribution in [2.45, 2.75) is 33.7 Å². The zero-order valence-electron chi connectivity index (χ0n) is 17.6. The molecule has 7 nitrogen and oxygen atoms in total. The number of nitrogens with zero attached hydrogens (tertiary/aromatic N) is 5. The van der Waals surface area contributed by atoms with Crippen molar-refractivity contribution < 1.29 is 13.5 Å². The highest BCUT2D eigenvalue weighted by Gasteiger charge is 2.18. The lowest BCUT2D eigenvalue weighted by molar-refractivity contribution is 0.339. The quantitative estimate of drug-likeness (QED) is 0.459. The zero-order chi connectivity index (χ0) is 22.1. The monoisotopic (exact) mass is 424 g/mol. The Bertz CT molecular complexity index is 1240. The Morgan fingerprint density at radius 1 is 1.06 bits per heavy atom. The molecule has 0 atom stereocenters. The van der Waals surface area contributed by atoms with Crippen molar-refractivity contribution in [3.05, 3.63) is 54.1 Å². The first-order valence-corrected chi connectivity index (χ1v) is 9.94. The molecule has 0 saturated carbocycles. The summed E-state index contributed by atoms with van der Waals surface area (Å²) in [6.45, 7) is 8.20. The average Bonchev–Trinajstić information content (AvgIpc) is 3.08. The van der Waals surface area contributed by atoms with E-state index in [1.165, 1.54) is 6.07 Å². The van der Waals surface area contributed by atoms with Crippen LogP contribution in [0, 0.1) is 18.6 Å². The highest BCUT2D eigenvalue weighted by atomic mass is 19.1. The third-order valence-electron chi connectivity index (χ3n) is 4.75. The second kappa shape index (κ2) is 8.25. The van der Waals surface area contributed by atoms with Crippen LogP contribution in [0.2, 0.25) is 0 Å². The number of hydrogen-bond donors (Lipinski definition) is 1. The molecule has 0 unspecified atom stereocenters. The number of fused-ring (bicyclic) bond motifs is 1. The fourth-order valence-corrected chi connectivity index (χ4v) is 3.51. The van der Waals surface area contributed by atoms with Gasteiger partial charge in [-0.1, -0.05) is 0 Å². The minimum atomic E-state index is -0.656. The van der Waals surface area contributed by atoms with Gasteiger partial charge in [0.15, 0.2) is 11.6 Å². The van der Waals surface area contributed by atoms with Crippen molar-refractivity contribution in [1.29, 1.82) is 0 Å². The molecular weight excluding hydrogens is 402 g/mol. The molecule has 0 radical (unpaired) electrons. The summed E-state index contributed by atoms with van der Waals surface area (Å²) in [5, 5.41) is 2.93. The number of anilines is 2. The largest absolute Gasteiger partial charge is 0.492 e. The zero-order valence-corrected chi connectivity index (χ0v) is 17.6. The Morgan fingerprint density at radius 3 is 2.55 bits per heavy atom. The molecule has 31 heavy (non-hydrogen) atoms. The van der Waals surface area contributed by atoms with Crippen LogP contribution in [0.15, 0.2) is 36.7 Å². The molecule has 0 aliphatic rings. The predicted molar refractivity (Wildman–Crippen MR) is 114 cm³/mol. The summed E-state index contributed by atoms with van der Waals surface area (Å²) in [7, 11) is 0. The summed E-state index contributed by atoms with van der Waals surface area (Å²) in [6.07, 6.45) is 2.61. The summed E-state index contributed by atoms with van der Waals surface area (Å²) in [6, 6.07) is 6.46. The Morgan fingerprint density at radius 2 is 1.87 bits per heavy atom. The number of pyridine rings is 1. The molecule has 1 N–H and O–H groups in total. The van der Waals surface area contributed by atoms with Gasteiger partial charge in [-0.25, -0.2) is 28.7 Å². The molecule has 4 aromatic rings. The SMILES string of the molecule is CCOc1ccc(Nc2ncc(F)c(-c3cc(F)c4nc(C)n(C(C)C)c4c3)n2)nc1. The minimum Gasteiger partial charge on any atom is -0.492 e. The maximum Gasteiger partial charge on any atom is 0.229 e. The number of nitrogens with one attached hydrogen (secondary N) is 1. The average molecular weight is 424 g/mol. The number of imidazole rings is 1. The van der Waals surface area contributed by atoms with Gasteiger partial charge in [-0.2, -0.15) is 0 Å². The van der Waals surface area contributed by atoms with Crippen LogP contribution in [0.1, 0.15) is 32.6 Å². The molecule has 4 rings (SSSR count). The van der Waals surface area contributed by atoms with Gasteiger partial charge in [0.05, 0.1) is 24.5 Å². The van der Waals surface area contributed by atoms with Crippen LogP contribution in [-0.2, 0) is 0 Å². The van der Waals surface area contributed by atoms with Crippen molar-refractivity contribution in [2.24, 2.45) is 0 Å². The summed E-state index contributed by atoms with van der Waals surface area (Å²) >= 11 is 0. The van der Waals surface area contributed by atoms with Gasteiger partial charge in [0.2, 0.25) is 5.95 Å². The molecule has 0 spiro atoms. The van der Waals surface area contributed by atoms with Gasteiger partial charge in [0, 0.05) is 11.6 Å². The number of hydrogen-bond acceptors (Lipinski definition) is 6. The van der Waals surface area contributed by atoms with E-state index in [1.54, 1.807) is 24.4 Å². The van der Waals surface area contributed by atoms with Crippen molar-refractivity contribution in [3.63, 3.8) is 0 Å². The second-order valence-electron chi connectivity index (χ2n) is 7.28. The first-order valence-electron chi connectivity index (χ1n) is 9.94. The summed E-state index contributed by atoms with van der Waals surface area (Å²) in [5.41, 5.74) is 1.12. The van der Waals surface area contributed by atoms with Gasteiger partial charge in [-0.15, -0.1) is 0 Å². The Labute approximate surface area is 178 Å². The van der Waals surface area contributed by atoms with Gasteiger partial charge >= 0.3 is 0 Å². The van der Waals surface area contributed by atoms with Crippen LogP contribution < -0.4 is 10.1 Å². The van der Waals surface area contributed by atoms with Crippen molar-refractivity contribution in [3.8, 4) is 17.0 Å². The first-order chi connectivity index (χ1) is 14.9. The van der Waals surface area contributed by atoms with E-state index in [9.17, 15) is 8.78 Å². The normalized spacial score (nSPS) is 11.3. The third-order valence-corrected chi connectivity index (χ3v) is 4.75. The van der Waals surface area contributed by atoms with Gasteiger partial charge < -0.3 is 14.6 Å². The Balaban J connectivity index is 1.73. The van der Waals surface area contributed by atoms with E-state index in [-0.39, 0.29) is 23.2 Å². The maximum atomic E-state index is 14.8. The van der Waals surface area contributed by atoms with E-state index in [1.807, 2.05) is 32.3 Å². The molecule has 3 aromatic heterocycles. The number of ether oxygens (including phenoxy) is 1. The van der Waals surface area contributed by atoms with Crippen LogP contribution >= 0.6 is 0 Å². The summed E-state index contributed by atoms with van der Waals surface area (Å²) in [4.78, 5) is 16.8. The summed E-state index contributed by atoms with van der Waals surface area (Å²) in [5.74, 6) is 0.744. The second-order valence-corrected chi connectivity index (χ2v) is 7.28. The van der Waals surface area contributed by atoms with Crippen molar-refractivity contribution >= 4 is 22.8 Å². The standard InChI is InChI=1S/C22H22F2N6O/c1-5-31-15-6-7-19(25-10-15)28-22-26-11-17(24)20(29-22)14-8-16(23)21-18(9-14)30(12(2)3)13(4)27-21/h6-12H,5H2,1-4H3,(H,25,26,28,29). The summed E-state index contributed by atoms with van der Waals surface area (Å²) < 4.78 is 36.7. The van der Waals surface area contributed by atoms with Gasteiger partial charge in [-0.05, 0) is 52.0 Å². The van der Waals surface area contributed by atoms with E-state index >= 15 is 0 Å². The van der Waals surface area contributed by atoms with E-state index in [0.717, 1.165) is 6.20 Å². The fourth-order valence-electron chi connectivity index (χ4n) is 3.51. The molecule has 0 amide bonds. The molecule has 160 valence electrons. The minimum absolute atomic E-state index is 0.0154. The molecule has 0 bridgehead atoms. The highest BCUT2D eigenvalue weighted by molar-refractivity contribution is 5.83. The first kappa shape index (κ1) is 20.6. The third kappa shape index (κ3) is 4.03. The lowest BCUT2D eigenvalue weighted by Crippen LogP contribution is -2.04. The Hall–Kier alpha value is -3.62. The molecule has 0 fully saturated rings. The lowest BCUT2D eigenvalue weighted by atomic mass is 10.1. The lowest BCUT2D eigenvalue weighted by Gasteiger charge is -2.12. The van der Waals surface area contributed by atoms with E-state index in [2.05, 4.69) is 25.3 Å². The van der Waals surface area contributed by atoms with Crippen LogP contribution in [-0.4, -0.2) is 31.1 Å². The molecule has 9 heteroatoms. The number of rotatable bonds is 6. The topological polar surface area (TPSA) is 77.8 Å². The molecular formula is C22H22F2N6O. The van der Waals surface area contributed by atoms with Crippen LogP contribution in [0.4, 0.5) is 20.5 Å².